The van der Waals surface area contributed by atoms with Gasteiger partial charge in [0, 0.05) is 0 Å². The Morgan fingerprint density at radius 3 is 2.29 bits per heavy atom. The van der Waals surface area contributed by atoms with Gasteiger partial charge in [0.25, 0.3) is 0 Å². The first-order valence-electron chi connectivity index (χ1n) is 7.83. The molecule has 7 nitrogen and oxygen atoms in total. The maximum atomic E-state index is 12.0. The van der Waals surface area contributed by atoms with Crippen molar-refractivity contribution in [3.63, 3.8) is 0 Å². The summed E-state index contributed by atoms with van der Waals surface area (Å²) in [6.45, 7) is 5.04. The van der Waals surface area contributed by atoms with Crippen LogP contribution in [0.15, 0.2) is 30.3 Å². The molecule has 7 heteroatoms. The number of nitrogens with one attached hydrogen (secondary N) is 2. The van der Waals surface area contributed by atoms with E-state index < -0.39 is 30.1 Å². The van der Waals surface area contributed by atoms with Gasteiger partial charge in [-0.2, -0.15) is 0 Å². The van der Waals surface area contributed by atoms with E-state index in [4.69, 9.17) is 4.74 Å². The number of amides is 2. The molecule has 0 aliphatic heterocycles. The van der Waals surface area contributed by atoms with Crippen molar-refractivity contribution in [3.05, 3.63) is 35.9 Å². The minimum absolute atomic E-state index is 0.0789. The first-order valence-corrected chi connectivity index (χ1v) is 7.83. The standard InChI is InChI=1S/C17H24N2O5/c1-4-11(2)14(16(21)22)19-15(20)12(3)18-17(23)24-10-13-8-6-5-7-9-13/h5-9,11-12,14H,4,10H2,1-3H3,(H,18,23)(H,19,20)(H,21,22)/p-1/t11-,12-,14-/m0/s1. The quantitative estimate of drug-likeness (QED) is 0.722. The largest absolute Gasteiger partial charge is 0.548 e. The lowest BCUT2D eigenvalue weighted by Gasteiger charge is -2.26. The number of alkyl carbamates (subject to hydrolysis) is 1. The molecule has 1 rings (SSSR count). The van der Waals surface area contributed by atoms with E-state index in [0.29, 0.717) is 6.42 Å². The van der Waals surface area contributed by atoms with Crippen molar-refractivity contribution in [2.75, 3.05) is 0 Å². The molecule has 0 unspecified atom stereocenters. The average Bonchev–Trinajstić information content (AvgIpc) is 2.57. The maximum Gasteiger partial charge on any atom is 0.408 e. The zero-order valence-corrected chi connectivity index (χ0v) is 14.1. The van der Waals surface area contributed by atoms with Gasteiger partial charge in [0.2, 0.25) is 5.91 Å². The number of aliphatic carboxylic acids is 1. The van der Waals surface area contributed by atoms with E-state index in [1.807, 2.05) is 25.1 Å². The summed E-state index contributed by atoms with van der Waals surface area (Å²) in [5.41, 5.74) is 0.818. The highest BCUT2D eigenvalue weighted by atomic mass is 16.5. The smallest absolute Gasteiger partial charge is 0.408 e. The second kappa shape index (κ2) is 9.54. The number of carbonyl (C=O) groups is 3. The third-order valence-electron chi connectivity index (χ3n) is 3.71. The Hall–Kier alpha value is -2.57. The molecule has 0 aliphatic rings. The molecule has 132 valence electrons. The van der Waals surface area contributed by atoms with Crippen molar-refractivity contribution in [1.29, 1.82) is 0 Å². The van der Waals surface area contributed by atoms with Gasteiger partial charge in [-0.3, -0.25) is 4.79 Å². The van der Waals surface area contributed by atoms with Crippen LogP contribution in [0.2, 0.25) is 0 Å². The Morgan fingerprint density at radius 2 is 1.75 bits per heavy atom. The highest BCUT2D eigenvalue weighted by Crippen LogP contribution is 2.07. The van der Waals surface area contributed by atoms with Crippen LogP contribution in [0, 0.1) is 5.92 Å². The molecule has 0 radical (unpaired) electrons. The van der Waals surface area contributed by atoms with E-state index in [9.17, 15) is 19.5 Å². The first kappa shape index (κ1) is 19.5. The van der Waals surface area contributed by atoms with Gasteiger partial charge in [0.05, 0.1) is 12.0 Å². The normalized spacial score (nSPS) is 14.1. The van der Waals surface area contributed by atoms with Crippen LogP contribution in [-0.4, -0.2) is 30.1 Å². The first-order chi connectivity index (χ1) is 11.3. The topological polar surface area (TPSA) is 108 Å². The summed E-state index contributed by atoms with van der Waals surface area (Å²) in [5.74, 6) is -2.24. The van der Waals surface area contributed by atoms with Crippen LogP contribution in [-0.2, 0) is 20.9 Å². The van der Waals surface area contributed by atoms with Gasteiger partial charge in [0.1, 0.15) is 12.6 Å². The molecule has 0 bridgehead atoms. The molecule has 0 saturated heterocycles. The Bertz CT molecular complexity index is 561. The second-order valence-corrected chi connectivity index (χ2v) is 5.62. The van der Waals surface area contributed by atoms with Gasteiger partial charge in [-0.25, -0.2) is 4.79 Å². The fourth-order valence-electron chi connectivity index (χ4n) is 1.95. The van der Waals surface area contributed by atoms with Gasteiger partial charge >= 0.3 is 6.09 Å². The predicted molar refractivity (Wildman–Crippen MR) is 85.6 cm³/mol. The molecule has 0 saturated carbocycles. The van der Waals surface area contributed by atoms with Crippen molar-refractivity contribution in [1.82, 2.24) is 10.6 Å². The number of ether oxygens (including phenoxy) is 1. The van der Waals surface area contributed by atoms with Crippen molar-refractivity contribution in [2.45, 2.75) is 45.9 Å². The van der Waals surface area contributed by atoms with E-state index >= 15 is 0 Å². The lowest BCUT2D eigenvalue weighted by molar-refractivity contribution is -0.309. The van der Waals surface area contributed by atoms with Crippen LogP contribution in [0.5, 0.6) is 0 Å². The highest BCUT2D eigenvalue weighted by molar-refractivity contribution is 5.88. The molecule has 0 heterocycles. The van der Waals surface area contributed by atoms with E-state index in [1.165, 1.54) is 6.92 Å². The van der Waals surface area contributed by atoms with Gasteiger partial charge in [-0.15, -0.1) is 0 Å². The fourth-order valence-corrected chi connectivity index (χ4v) is 1.95. The molecule has 2 N–H and O–H groups in total. The molecule has 3 atom stereocenters. The molecule has 24 heavy (non-hydrogen) atoms. The SMILES string of the molecule is CC[C@H](C)[C@H](NC(=O)[C@H](C)NC(=O)OCc1ccccc1)C(=O)[O-]. The molecule has 0 spiro atoms. The van der Waals surface area contributed by atoms with E-state index in [-0.39, 0.29) is 12.5 Å². The lowest BCUT2D eigenvalue weighted by atomic mass is 9.99. The molecule has 0 aromatic heterocycles. The maximum absolute atomic E-state index is 12.0. The molecular formula is C17H23N2O5-. The molecule has 1 aromatic rings. The number of benzene rings is 1. The van der Waals surface area contributed by atoms with Gasteiger partial charge in [0.15, 0.2) is 0 Å². The van der Waals surface area contributed by atoms with Crippen LogP contribution in [0.3, 0.4) is 0 Å². The van der Waals surface area contributed by atoms with E-state index in [2.05, 4.69) is 10.6 Å². The number of rotatable bonds is 8. The zero-order chi connectivity index (χ0) is 18.1. The van der Waals surface area contributed by atoms with Gasteiger partial charge in [-0.1, -0.05) is 50.6 Å². The number of carbonyl (C=O) groups excluding carboxylic acids is 3. The lowest BCUT2D eigenvalue weighted by Crippen LogP contribution is -2.55. The zero-order valence-electron chi connectivity index (χ0n) is 14.1. The van der Waals surface area contributed by atoms with E-state index in [1.54, 1.807) is 19.1 Å². The number of carboxylic acids is 1. The van der Waals surface area contributed by atoms with Crippen LogP contribution >= 0.6 is 0 Å². The minimum atomic E-state index is -1.35. The molecule has 2 amide bonds. The summed E-state index contributed by atoms with van der Waals surface area (Å²) in [6, 6.07) is 7.07. The summed E-state index contributed by atoms with van der Waals surface area (Å²) in [4.78, 5) is 34.8. The minimum Gasteiger partial charge on any atom is -0.548 e. The monoisotopic (exact) mass is 335 g/mol. The highest BCUT2D eigenvalue weighted by Gasteiger charge is 2.23. The van der Waals surface area contributed by atoms with Crippen LogP contribution in [0.1, 0.15) is 32.8 Å². The predicted octanol–water partition coefficient (Wildman–Crippen LogP) is 0.582. The van der Waals surface area contributed by atoms with Crippen LogP contribution in [0.4, 0.5) is 4.79 Å². The summed E-state index contributed by atoms with van der Waals surface area (Å²) in [5, 5.41) is 15.8. The van der Waals surface area contributed by atoms with Crippen molar-refractivity contribution in [2.24, 2.45) is 5.92 Å². The summed E-state index contributed by atoms with van der Waals surface area (Å²) >= 11 is 0. The number of carboxylic acid groups (broad SMARTS) is 1. The van der Waals surface area contributed by atoms with Crippen LogP contribution < -0.4 is 15.7 Å². The van der Waals surface area contributed by atoms with Crippen molar-refractivity contribution >= 4 is 18.0 Å². The molecule has 0 fully saturated rings. The molecule has 0 aliphatic carbocycles. The number of hydrogen-bond acceptors (Lipinski definition) is 5. The fraction of sp³-hybridized carbons (Fsp3) is 0.471. The van der Waals surface area contributed by atoms with Crippen molar-refractivity contribution in [3.8, 4) is 0 Å². The van der Waals surface area contributed by atoms with E-state index in [0.717, 1.165) is 5.56 Å². The van der Waals surface area contributed by atoms with Crippen molar-refractivity contribution < 1.29 is 24.2 Å². The Balaban J connectivity index is 2.47. The Morgan fingerprint density at radius 1 is 1.12 bits per heavy atom. The van der Waals surface area contributed by atoms with Gasteiger partial charge < -0.3 is 25.3 Å². The summed E-state index contributed by atoms with van der Waals surface area (Å²) in [7, 11) is 0. The van der Waals surface area contributed by atoms with Gasteiger partial charge in [-0.05, 0) is 18.4 Å². The third-order valence-corrected chi connectivity index (χ3v) is 3.71. The summed E-state index contributed by atoms with van der Waals surface area (Å²) in [6.07, 6.45) is -0.185. The Labute approximate surface area is 141 Å². The second-order valence-electron chi connectivity index (χ2n) is 5.62. The summed E-state index contributed by atoms with van der Waals surface area (Å²) < 4.78 is 5.01. The Kier molecular flexibility index (Phi) is 7.74. The third kappa shape index (κ3) is 6.28. The number of hydrogen-bond donors (Lipinski definition) is 2. The molecule has 1 aromatic carbocycles. The average molecular weight is 335 g/mol. The van der Waals surface area contributed by atoms with Crippen LogP contribution in [0.25, 0.3) is 0 Å². The molecular weight excluding hydrogens is 312 g/mol.